The van der Waals surface area contributed by atoms with E-state index in [1.54, 1.807) is 24.8 Å². The average molecular weight is 414 g/mol. The van der Waals surface area contributed by atoms with E-state index < -0.39 is 10.0 Å². The molecule has 2 aromatic heterocycles. The molecule has 29 heavy (non-hydrogen) atoms. The number of sulfonamides is 1. The summed E-state index contributed by atoms with van der Waals surface area (Å²) in [5.74, 6) is 0.121. The van der Waals surface area contributed by atoms with Crippen molar-refractivity contribution < 1.29 is 17.7 Å². The van der Waals surface area contributed by atoms with Crippen LogP contribution in [0.5, 0.6) is 0 Å². The molecule has 3 heterocycles. The van der Waals surface area contributed by atoms with Gasteiger partial charge in [-0.1, -0.05) is 35.5 Å². The smallest absolute Gasteiger partial charge is 0.271 e. The minimum Gasteiger partial charge on any atom is -0.360 e. The predicted octanol–water partition coefficient (Wildman–Crippen LogP) is 2.10. The van der Waals surface area contributed by atoms with Crippen molar-refractivity contribution in [3.63, 3.8) is 0 Å². The van der Waals surface area contributed by atoms with Gasteiger partial charge in [0.2, 0.25) is 10.0 Å². The van der Waals surface area contributed by atoms with E-state index in [9.17, 15) is 13.2 Å². The number of fused-ring (bicyclic) bond motifs is 1. The number of aryl methyl sites for hydroxylation is 2. The molecule has 4 rings (SSSR count). The predicted molar refractivity (Wildman–Crippen MR) is 106 cm³/mol. The van der Waals surface area contributed by atoms with Crippen LogP contribution in [0.3, 0.4) is 0 Å². The Kier molecular flexibility index (Phi) is 5.01. The van der Waals surface area contributed by atoms with Gasteiger partial charge in [0.25, 0.3) is 5.91 Å². The number of amides is 1. The minimum atomic E-state index is -3.81. The van der Waals surface area contributed by atoms with Crippen LogP contribution in [0.1, 0.15) is 27.5 Å². The molecule has 0 saturated heterocycles. The third-order valence-electron chi connectivity index (χ3n) is 5.10. The molecule has 0 fully saturated rings. The number of nitrogens with zero attached hydrogens (tertiary/aromatic N) is 3. The molecule has 0 aliphatic carbocycles. The van der Waals surface area contributed by atoms with Crippen molar-refractivity contribution >= 4 is 15.9 Å². The highest BCUT2D eigenvalue weighted by Gasteiger charge is 2.34. The molecule has 1 aromatic carbocycles. The van der Waals surface area contributed by atoms with Gasteiger partial charge in [-0.05, 0) is 31.5 Å². The van der Waals surface area contributed by atoms with Crippen molar-refractivity contribution in [3.8, 4) is 0 Å². The van der Waals surface area contributed by atoms with Crippen LogP contribution in [0.2, 0.25) is 0 Å². The van der Waals surface area contributed by atoms with E-state index in [2.05, 4.69) is 9.88 Å². The van der Waals surface area contributed by atoms with Gasteiger partial charge < -0.3 is 14.0 Å². The quantitative estimate of drug-likeness (QED) is 0.666. The molecule has 0 radical (unpaired) electrons. The van der Waals surface area contributed by atoms with Gasteiger partial charge in [0.1, 0.15) is 16.3 Å². The highest BCUT2D eigenvalue weighted by molar-refractivity contribution is 7.89. The van der Waals surface area contributed by atoms with Crippen LogP contribution >= 0.6 is 0 Å². The first-order chi connectivity index (χ1) is 13.9. The number of carbonyl (C=O) groups is 1. The first-order valence-electron chi connectivity index (χ1n) is 9.29. The van der Waals surface area contributed by atoms with Gasteiger partial charge in [0, 0.05) is 25.8 Å². The molecular weight excluding hydrogens is 392 g/mol. The summed E-state index contributed by atoms with van der Waals surface area (Å²) in [4.78, 5) is 14.8. The summed E-state index contributed by atoms with van der Waals surface area (Å²) >= 11 is 0. The van der Waals surface area contributed by atoms with Gasteiger partial charge in [-0.2, -0.15) is 0 Å². The number of rotatable bonds is 6. The highest BCUT2D eigenvalue weighted by Crippen LogP contribution is 2.22. The lowest BCUT2D eigenvalue weighted by atomic mass is 10.1. The van der Waals surface area contributed by atoms with Gasteiger partial charge in [0.15, 0.2) is 5.76 Å². The molecule has 1 aliphatic rings. The van der Waals surface area contributed by atoms with E-state index in [1.807, 2.05) is 47.2 Å². The third-order valence-corrected chi connectivity index (χ3v) is 6.77. The number of benzene rings is 1. The number of nitrogens with one attached hydrogen (secondary N) is 1. The zero-order valence-corrected chi connectivity index (χ0v) is 17.0. The molecule has 1 atom stereocenters. The molecule has 0 saturated carbocycles. The molecule has 3 aromatic rings. The molecule has 8 nitrogen and oxygen atoms in total. The molecule has 9 heteroatoms. The lowest BCUT2D eigenvalue weighted by molar-refractivity contribution is 0.0578. The van der Waals surface area contributed by atoms with Crippen LogP contribution in [0, 0.1) is 13.8 Å². The minimum absolute atomic E-state index is 0.0518. The van der Waals surface area contributed by atoms with Gasteiger partial charge in [-0.25, -0.2) is 13.1 Å². The van der Waals surface area contributed by atoms with Crippen LogP contribution in [-0.2, 0) is 23.1 Å². The number of carbonyl (C=O) groups excluding carboxylic acids is 1. The Morgan fingerprint density at radius 1 is 1.17 bits per heavy atom. The molecule has 0 spiro atoms. The summed E-state index contributed by atoms with van der Waals surface area (Å²) in [6.45, 7) is 4.14. The molecule has 1 amide bonds. The second-order valence-electron chi connectivity index (χ2n) is 7.12. The van der Waals surface area contributed by atoms with Crippen molar-refractivity contribution in [2.75, 3.05) is 6.54 Å². The van der Waals surface area contributed by atoms with E-state index >= 15 is 0 Å². The lowest BCUT2D eigenvalue weighted by Crippen LogP contribution is -2.52. The van der Waals surface area contributed by atoms with E-state index in [1.165, 1.54) is 0 Å². The van der Waals surface area contributed by atoms with Crippen LogP contribution < -0.4 is 4.72 Å². The second-order valence-corrected chi connectivity index (χ2v) is 8.83. The first kappa shape index (κ1) is 19.4. The summed E-state index contributed by atoms with van der Waals surface area (Å²) in [6, 6.07) is 12.9. The third kappa shape index (κ3) is 3.70. The largest absolute Gasteiger partial charge is 0.360 e. The normalized spacial score (nSPS) is 16.8. The summed E-state index contributed by atoms with van der Waals surface area (Å²) in [5, 5.41) is 3.72. The first-order valence-corrected chi connectivity index (χ1v) is 10.8. The fourth-order valence-electron chi connectivity index (χ4n) is 3.70. The molecular formula is C20H22N4O4S. The standard InChI is InChI=1S/C20H22N4O4S/c1-14-19(15(2)28-22-14)29(26,27)21-11-17-13-23-10-6-9-18(23)20(25)24(17)12-16-7-4-3-5-8-16/h3-10,17,21H,11-13H2,1-2H3. The molecule has 152 valence electrons. The molecule has 1 N–H and O–H groups in total. The second kappa shape index (κ2) is 7.49. The summed E-state index contributed by atoms with van der Waals surface area (Å²) in [6.07, 6.45) is 1.84. The molecule has 1 unspecified atom stereocenters. The van der Waals surface area contributed by atoms with Gasteiger partial charge in [-0.3, -0.25) is 4.79 Å². The number of aromatic nitrogens is 2. The van der Waals surface area contributed by atoms with Gasteiger partial charge in [0.05, 0.1) is 6.04 Å². The zero-order chi connectivity index (χ0) is 20.6. The monoisotopic (exact) mass is 414 g/mol. The summed E-state index contributed by atoms with van der Waals surface area (Å²) in [7, 11) is -3.81. The zero-order valence-electron chi connectivity index (χ0n) is 16.2. The Balaban J connectivity index is 1.59. The van der Waals surface area contributed by atoms with Gasteiger partial charge >= 0.3 is 0 Å². The van der Waals surface area contributed by atoms with Gasteiger partial charge in [-0.15, -0.1) is 0 Å². The van der Waals surface area contributed by atoms with Crippen molar-refractivity contribution in [1.29, 1.82) is 0 Å². The maximum absolute atomic E-state index is 13.1. The van der Waals surface area contributed by atoms with Crippen LogP contribution in [0.15, 0.2) is 58.1 Å². The highest BCUT2D eigenvalue weighted by atomic mass is 32.2. The van der Waals surface area contributed by atoms with Crippen LogP contribution in [0.25, 0.3) is 0 Å². The summed E-state index contributed by atoms with van der Waals surface area (Å²) < 4.78 is 35.1. The average Bonchev–Trinajstić information content (AvgIpc) is 3.30. The number of hydrogen-bond acceptors (Lipinski definition) is 5. The topological polar surface area (TPSA) is 97.4 Å². The maximum atomic E-state index is 13.1. The molecule has 0 bridgehead atoms. The Bertz CT molecular complexity index is 1110. The maximum Gasteiger partial charge on any atom is 0.271 e. The van der Waals surface area contributed by atoms with Crippen molar-refractivity contribution in [2.24, 2.45) is 0 Å². The van der Waals surface area contributed by atoms with E-state index in [4.69, 9.17) is 4.52 Å². The SMILES string of the molecule is Cc1noc(C)c1S(=O)(=O)NCC1Cn2cccc2C(=O)N1Cc1ccccc1. The van der Waals surface area contributed by atoms with Crippen LogP contribution in [0.4, 0.5) is 0 Å². The van der Waals surface area contributed by atoms with E-state index in [0.717, 1.165) is 5.56 Å². The Hall–Kier alpha value is -2.91. The fourth-order valence-corrected chi connectivity index (χ4v) is 5.10. The summed E-state index contributed by atoms with van der Waals surface area (Å²) in [5.41, 5.74) is 1.90. The Labute approximate surface area is 169 Å². The van der Waals surface area contributed by atoms with E-state index in [0.29, 0.717) is 24.5 Å². The van der Waals surface area contributed by atoms with Crippen molar-refractivity contribution in [3.05, 3.63) is 71.4 Å². The Morgan fingerprint density at radius 2 is 1.93 bits per heavy atom. The lowest BCUT2D eigenvalue weighted by Gasteiger charge is -2.36. The Morgan fingerprint density at radius 3 is 2.62 bits per heavy atom. The van der Waals surface area contributed by atoms with E-state index in [-0.39, 0.29) is 29.1 Å². The van der Waals surface area contributed by atoms with Crippen molar-refractivity contribution in [2.45, 2.75) is 37.9 Å². The van der Waals surface area contributed by atoms with Crippen molar-refractivity contribution in [1.82, 2.24) is 19.3 Å². The number of hydrogen-bond donors (Lipinski definition) is 1. The fraction of sp³-hybridized carbons (Fsp3) is 0.300. The molecule has 1 aliphatic heterocycles. The van der Waals surface area contributed by atoms with Crippen LogP contribution in [-0.4, -0.2) is 41.5 Å².